The Morgan fingerprint density at radius 3 is 2.62 bits per heavy atom. The van der Waals surface area contributed by atoms with Gasteiger partial charge in [0.25, 0.3) is 10.0 Å². The molecule has 0 spiro atoms. The third-order valence-electron chi connectivity index (χ3n) is 3.92. The predicted molar refractivity (Wildman–Crippen MR) is 83.0 cm³/mol. The van der Waals surface area contributed by atoms with Crippen molar-refractivity contribution >= 4 is 15.8 Å². The minimum absolute atomic E-state index is 0.342. The second-order valence-corrected chi connectivity index (χ2v) is 7.36. The van der Waals surface area contributed by atoms with E-state index in [-0.39, 0.29) is 0 Å². The van der Waals surface area contributed by atoms with Crippen LogP contribution < -0.4 is 4.31 Å². The van der Waals surface area contributed by atoms with Gasteiger partial charge in [0.2, 0.25) is 0 Å². The molecule has 5 heteroatoms. The Hall–Kier alpha value is -1.88. The number of hydrogen-bond acceptors (Lipinski definition) is 3. The van der Waals surface area contributed by atoms with Crippen molar-refractivity contribution < 1.29 is 8.42 Å². The molecule has 1 aliphatic carbocycles. The van der Waals surface area contributed by atoms with Crippen LogP contribution >= 0.6 is 0 Å². The highest BCUT2D eigenvalue weighted by atomic mass is 32.2. The summed E-state index contributed by atoms with van der Waals surface area (Å²) in [6, 6.07) is 10.8. The third-order valence-corrected chi connectivity index (χ3v) is 5.68. The van der Waals surface area contributed by atoms with E-state index in [0.29, 0.717) is 10.7 Å². The molecule has 1 heterocycles. The van der Waals surface area contributed by atoms with Gasteiger partial charge in [-0.05, 0) is 61.6 Å². The first kappa shape index (κ1) is 14.1. The molecule has 0 fully saturated rings. The Morgan fingerprint density at radius 1 is 1.10 bits per heavy atom. The average molecular weight is 302 g/mol. The van der Waals surface area contributed by atoms with Gasteiger partial charge in [0.05, 0.1) is 4.90 Å². The zero-order chi connectivity index (χ0) is 15.0. The molecule has 0 aliphatic heterocycles. The Balaban J connectivity index is 2.00. The van der Waals surface area contributed by atoms with Crippen molar-refractivity contribution in [2.45, 2.75) is 31.1 Å². The highest BCUT2D eigenvalue weighted by Crippen LogP contribution is 2.27. The van der Waals surface area contributed by atoms with E-state index < -0.39 is 10.0 Å². The fourth-order valence-electron chi connectivity index (χ4n) is 2.69. The second kappa shape index (κ2) is 5.15. The predicted octanol–water partition coefficient (Wildman–Crippen LogP) is 2.70. The maximum Gasteiger partial charge on any atom is 0.265 e. The first-order valence-corrected chi connectivity index (χ1v) is 8.47. The van der Waals surface area contributed by atoms with E-state index in [9.17, 15) is 8.42 Å². The van der Waals surface area contributed by atoms with Gasteiger partial charge >= 0.3 is 0 Å². The Morgan fingerprint density at radius 2 is 1.86 bits per heavy atom. The van der Waals surface area contributed by atoms with Crippen molar-refractivity contribution in [3.8, 4) is 0 Å². The van der Waals surface area contributed by atoms with Gasteiger partial charge in [-0.2, -0.15) is 0 Å². The van der Waals surface area contributed by atoms with E-state index >= 15 is 0 Å². The Bertz CT molecular complexity index is 785. The van der Waals surface area contributed by atoms with Gasteiger partial charge in [-0.25, -0.2) is 13.4 Å². The number of aryl methyl sites for hydroxylation is 3. The summed E-state index contributed by atoms with van der Waals surface area (Å²) in [5.41, 5.74) is 3.22. The fraction of sp³-hybridized carbons (Fsp3) is 0.312. The summed E-state index contributed by atoms with van der Waals surface area (Å²) < 4.78 is 26.7. The van der Waals surface area contributed by atoms with Crippen LogP contribution in [0, 0.1) is 6.92 Å². The molecule has 1 aliphatic rings. The third kappa shape index (κ3) is 2.53. The summed E-state index contributed by atoms with van der Waals surface area (Å²) in [5, 5.41) is 0. The fourth-order valence-corrected chi connectivity index (χ4v) is 3.89. The summed E-state index contributed by atoms with van der Waals surface area (Å²) in [6.45, 7) is 1.85. The van der Waals surface area contributed by atoms with Crippen LogP contribution in [0.15, 0.2) is 41.3 Å². The molecule has 0 atom stereocenters. The van der Waals surface area contributed by atoms with E-state index in [0.717, 1.165) is 30.5 Å². The first-order valence-electron chi connectivity index (χ1n) is 7.03. The largest absolute Gasteiger partial charge is 0.265 e. The lowest BCUT2D eigenvalue weighted by molar-refractivity contribution is 0.594. The molecule has 4 nitrogen and oxygen atoms in total. The normalized spacial score (nSPS) is 14.0. The SMILES string of the molecule is Cc1cccc(N(C)S(=O)(=O)c2ccc3c(c2)CCC3)n1. The van der Waals surface area contributed by atoms with E-state index in [1.54, 1.807) is 19.2 Å². The van der Waals surface area contributed by atoms with Crippen LogP contribution in [0.25, 0.3) is 0 Å². The van der Waals surface area contributed by atoms with Crippen molar-refractivity contribution in [3.63, 3.8) is 0 Å². The van der Waals surface area contributed by atoms with Crippen molar-refractivity contribution in [1.82, 2.24) is 4.98 Å². The van der Waals surface area contributed by atoms with Gasteiger partial charge in [-0.15, -0.1) is 0 Å². The minimum Gasteiger partial charge on any atom is -0.253 e. The van der Waals surface area contributed by atoms with Gasteiger partial charge in [0, 0.05) is 12.7 Å². The van der Waals surface area contributed by atoms with Gasteiger partial charge in [0.1, 0.15) is 5.82 Å². The number of fused-ring (bicyclic) bond motifs is 1. The number of benzene rings is 1. The topological polar surface area (TPSA) is 50.3 Å². The average Bonchev–Trinajstić information content (AvgIpc) is 2.93. The van der Waals surface area contributed by atoms with Crippen LogP contribution in [0.4, 0.5) is 5.82 Å². The molecule has 0 saturated carbocycles. The molecular weight excluding hydrogens is 284 g/mol. The van der Waals surface area contributed by atoms with E-state index in [1.807, 2.05) is 31.2 Å². The first-order chi connectivity index (χ1) is 9.98. The molecule has 0 bridgehead atoms. The quantitative estimate of drug-likeness (QED) is 0.876. The van der Waals surface area contributed by atoms with Gasteiger partial charge in [-0.1, -0.05) is 12.1 Å². The molecule has 3 rings (SSSR count). The lowest BCUT2D eigenvalue weighted by atomic mass is 10.1. The molecule has 0 unspecified atom stereocenters. The molecule has 0 radical (unpaired) electrons. The monoisotopic (exact) mass is 302 g/mol. The maximum absolute atomic E-state index is 12.7. The molecule has 1 aromatic heterocycles. The van der Waals surface area contributed by atoms with Gasteiger partial charge < -0.3 is 0 Å². The number of hydrogen-bond donors (Lipinski definition) is 0. The molecular formula is C16H18N2O2S. The summed E-state index contributed by atoms with van der Waals surface area (Å²) in [6.07, 6.45) is 3.12. The standard InChI is InChI=1S/C16H18N2O2S/c1-12-5-3-8-16(17-12)18(2)21(19,20)15-10-9-13-6-4-7-14(13)11-15/h3,5,8-11H,4,6-7H2,1-2H3. The van der Waals surface area contributed by atoms with Crippen LogP contribution in [-0.2, 0) is 22.9 Å². The molecule has 21 heavy (non-hydrogen) atoms. The summed E-state index contributed by atoms with van der Waals surface area (Å²) in [5.74, 6) is 0.440. The van der Waals surface area contributed by atoms with E-state index in [2.05, 4.69) is 4.98 Å². The summed E-state index contributed by atoms with van der Waals surface area (Å²) in [7, 11) is -2.01. The summed E-state index contributed by atoms with van der Waals surface area (Å²) >= 11 is 0. The van der Waals surface area contributed by atoms with Crippen LogP contribution in [0.2, 0.25) is 0 Å². The molecule has 1 aromatic carbocycles. The summed E-state index contributed by atoms with van der Waals surface area (Å²) in [4.78, 5) is 4.63. The van der Waals surface area contributed by atoms with Crippen molar-refractivity contribution in [2.24, 2.45) is 0 Å². The zero-order valence-electron chi connectivity index (χ0n) is 12.2. The van der Waals surface area contributed by atoms with Crippen molar-refractivity contribution in [3.05, 3.63) is 53.2 Å². The number of aromatic nitrogens is 1. The van der Waals surface area contributed by atoms with E-state index in [4.69, 9.17) is 0 Å². The molecule has 110 valence electrons. The molecule has 0 amide bonds. The lowest BCUT2D eigenvalue weighted by Gasteiger charge is -2.19. The lowest BCUT2D eigenvalue weighted by Crippen LogP contribution is -2.27. The van der Waals surface area contributed by atoms with Crippen molar-refractivity contribution in [1.29, 1.82) is 0 Å². The van der Waals surface area contributed by atoms with Gasteiger partial charge in [-0.3, -0.25) is 4.31 Å². The zero-order valence-corrected chi connectivity index (χ0v) is 13.0. The number of rotatable bonds is 3. The second-order valence-electron chi connectivity index (χ2n) is 5.39. The Kier molecular flexibility index (Phi) is 3.45. The van der Waals surface area contributed by atoms with Crippen LogP contribution in [0.1, 0.15) is 23.2 Å². The van der Waals surface area contributed by atoms with Gasteiger partial charge in [0.15, 0.2) is 0 Å². The number of anilines is 1. The molecule has 0 saturated heterocycles. The van der Waals surface area contributed by atoms with Crippen molar-refractivity contribution in [2.75, 3.05) is 11.4 Å². The van der Waals surface area contributed by atoms with Crippen LogP contribution in [0.3, 0.4) is 0 Å². The smallest absolute Gasteiger partial charge is 0.253 e. The van der Waals surface area contributed by atoms with Crippen LogP contribution in [0.5, 0.6) is 0 Å². The van der Waals surface area contributed by atoms with E-state index in [1.165, 1.54) is 9.87 Å². The number of nitrogens with zero attached hydrogens (tertiary/aromatic N) is 2. The highest BCUT2D eigenvalue weighted by Gasteiger charge is 2.24. The minimum atomic E-state index is -3.56. The molecule has 2 aromatic rings. The highest BCUT2D eigenvalue weighted by molar-refractivity contribution is 7.92. The molecule has 0 N–H and O–H groups in total. The van der Waals surface area contributed by atoms with Crippen LogP contribution in [-0.4, -0.2) is 20.4 Å². The number of sulfonamides is 1. The number of pyridine rings is 1. The Labute approximate surface area is 125 Å². The maximum atomic E-state index is 12.7.